The summed E-state index contributed by atoms with van der Waals surface area (Å²) in [4.78, 5) is 1.25. The lowest BCUT2D eigenvalue weighted by atomic mass is 10.3. The Morgan fingerprint density at radius 2 is 2.00 bits per heavy atom. The van der Waals surface area contributed by atoms with E-state index in [-0.39, 0.29) is 0 Å². The van der Waals surface area contributed by atoms with Gasteiger partial charge < -0.3 is 0 Å². The average Bonchev–Trinajstić information content (AvgIpc) is 2.87. The molecule has 88 valence electrons. The summed E-state index contributed by atoms with van der Waals surface area (Å²) in [6, 6.07) is 6.29. The van der Waals surface area contributed by atoms with Gasteiger partial charge in [-0.05, 0) is 31.4 Å². The van der Waals surface area contributed by atoms with Crippen molar-refractivity contribution in [3.63, 3.8) is 0 Å². The monoisotopic (exact) mass is 236 g/mol. The van der Waals surface area contributed by atoms with E-state index in [0.29, 0.717) is 0 Å². The highest BCUT2D eigenvalue weighted by atomic mass is 32.1. The first-order valence-electron chi connectivity index (χ1n) is 5.81. The number of aromatic nitrogens is 2. The van der Waals surface area contributed by atoms with Crippen molar-refractivity contribution >= 4 is 11.3 Å². The number of hydrogen-bond acceptors (Lipinski definition) is 2. The quantitative estimate of drug-likeness (QED) is 0.757. The number of aryl methyl sites for hydroxylation is 2. The van der Waals surface area contributed by atoms with E-state index in [1.807, 2.05) is 4.68 Å². The summed E-state index contributed by atoms with van der Waals surface area (Å²) in [6.45, 7) is 9.39. The average molecular weight is 236 g/mol. The van der Waals surface area contributed by atoms with Crippen LogP contribution < -0.4 is 0 Å². The van der Waals surface area contributed by atoms with Crippen LogP contribution >= 0.6 is 11.3 Å². The first kappa shape index (κ1) is 13.0. The summed E-state index contributed by atoms with van der Waals surface area (Å²) in [5.41, 5.74) is 2.32. The molecular weight excluding hydrogens is 216 g/mol. The highest BCUT2D eigenvalue weighted by molar-refractivity contribution is 7.13. The van der Waals surface area contributed by atoms with Crippen LogP contribution in [-0.2, 0) is 6.54 Å². The molecule has 2 aromatic rings. The summed E-state index contributed by atoms with van der Waals surface area (Å²) in [5, 5.41) is 6.58. The van der Waals surface area contributed by atoms with Gasteiger partial charge in [0.2, 0.25) is 0 Å². The Kier molecular flexibility index (Phi) is 5.26. The van der Waals surface area contributed by atoms with Gasteiger partial charge in [0.15, 0.2) is 0 Å². The molecule has 2 nitrogen and oxygen atoms in total. The van der Waals surface area contributed by atoms with Gasteiger partial charge in [0, 0.05) is 12.2 Å². The smallest absolute Gasteiger partial charge is 0.103 e. The zero-order chi connectivity index (χ0) is 12.0. The maximum atomic E-state index is 4.50. The van der Waals surface area contributed by atoms with Gasteiger partial charge in [0.05, 0.1) is 4.88 Å². The SMILES string of the molecule is CCC.CCn1nc(-c2cccs2)cc1C. The Labute approximate surface area is 102 Å². The third kappa shape index (κ3) is 3.20. The van der Waals surface area contributed by atoms with Crippen LogP contribution in [0.15, 0.2) is 23.6 Å². The molecule has 0 aliphatic carbocycles. The first-order chi connectivity index (χ1) is 7.72. The summed E-state index contributed by atoms with van der Waals surface area (Å²) >= 11 is 1.73. The number of nitrogens with zero attached hydrogens (tertiary/aromatic N) is 2. The van der Waals surface area contributed by atoms with Crippen molar-refractivity contribution in [2.45, 2.75) is 40.7 Å². The molecule has 3 heteroatoms. The highest BCUT2D eigenvalue weighted by Crippen LogP contribution is 2.23. The molecule has 0 bridgehead atoms. The van der Waals surface area contributed by atoms with E-state index < -0.39 is 0 Å². The zero-order valence-electron chi connectivity index (χ0n) is 10.5. The Balaban J connectivity index is 0.000000386. The molecule has 0 atom stereocenters. The lowest BCUT2D eigenvalue weighted by Gasteiger charge is -1.95. The van der Waals surface area contributed by atoms with Gasteiger partial charge >= 0.3 is 0 Å². The van der Waals surface area contributed by atoms with E-state index in [9.17, 15) is 0 Å². The molecule has 0 spiro atoms. The molecule has 0 unspecified atom stereocenters. The van der Waals surface area contributed by atoms with Gasteiger partial charge in [-0.2, -0.15) is 5.10 Å². The molecule has 0 N–H and O–H groups in total. The largest absolute Gasteiger partial charge is 0.270 e. The zero-order valence-corrected chi connectivity index (χ0v) is 11.3. The van der Waals surface area contributed by atoms with Crippen molar-refractivity contribution in [3.05, 3.63) is 29.3 Å². The predicted octanol–water partition coefficient (Wildman–Crippen LogP) is 4.36. The molecule has 2 rings (SSSR count). The van der Waals surface area contributed by atoms with Crippen LogP contribution in [0.4, 0.5) is 0 Å². The van der Waals surface area contributed by atoms with Gasteiger partial charge in [0.25, 0.3) is 0 Å². The van der Waals surface area contributed by atoms with Crippen LogP contribution in [0, 0.1) is 6.92 Å². The van der Waals surface area contributed by atoms with Gasteiger partial charge in [0.1, 0.15) is 5.69 Å². The molecule has 0 saturated carbocycles. The number of hydrogen-bond donors (Lipinski definition) is 0. The molecule has 0 radical (unpaired) electrons. The van der Waals surface area contributed by atoms with Crippen LogP contribution in [0.3, 0.4) is 0 Å². The predicted molar refractivity (Wildman–Crippen MR) is 71.9 cm³/mol. The second kappa shape index (κ2) is 6.48. The van der Waals surface area contributed by atoms with E-state index in [2.05, 4.69) is 56.4 Å². The maximum Gasteiger partial charge on any atom is 0.103 e. The fourth-order valence-corrected chi connectivity index (χ4v) is 2.06. The third-order valence-corrected chi connectivity index (χ3v) is 2.95. The normalized spacial score (nSPS) is 9.75. The van der Waals surface area contributed by atoms with Gasteiger partial charge in [-0.1, -0.05) is 26.3 Å². The van der Waals surface area contributed by atoms with Gasteiger partial charge in [-0.25, -0.2) is 0 Å². The fourth-order valence-electron chi connectivity index (χ4n) is 1.37. The molecule has 0 aromatic carbocycles. The van der Waals surface area contributed by atoms with Crippen molar-refractivity contribution in [1.29, 1.82) is 0 Å². The van der Waals surface area contributed by atoms with Crippen LogP contribution in [0.5, 0.6) is 0 Å². The molecule has 0 fully saturated rings. The minimum atomic E-state index is 0.942. The lowest BCUT2D eigenvalue weighted by Crippen LogP contribution is -1.97. The Bertz CT molecular complexity index is 401. The van der Waals surface area contributed by atoms with E-state index >= 15 is 0 Å². The van der Waals surface area contributed by atoms with E-state index in [0.717, 1.165) is 12.2 Å². The van der Waals surface area contributed by atoms with Crippen LogP contribution in [0.25, 0.3) is 10.6 Å². The van der Waals surface area contributed by atoms with Crippen LogP contribution in [0.2, 0.25) is 0 Å². The molecule has 2 aromatic heterocycles. The lowest BCUT2D eigenvalue weighted by molar-refractivity contribution is 0.642. The van der Waals surface area contributed by atoms with Gasteiger partial charge in [-0.15, -0.1) is 11.3 Å². The summed E-state index contributed by atoms with van der Waals surface area (Å²) in [5.74, 6) is 0. The second-order valence-electron chi connectivity index (χ2n) is 3.67. The topological polar surface area (TPSA) is 17.8 Å². The molecular formula is C13H20N2S. The Morgan fingerprint density at radius 3 is 2.44 bits per heavy atom. The van der Waals surface area contributed by atoms with E-state index in [1.165, 1.54) is 17.0 Å². The molecule has 2 heterocycles. The molecule has 16 heavy (non-hydrogen) atoms. The Hall–Kier alpha value is -1.09. The minimum absolute atomic E-state index is 0.942. The fraction of sp³-hybridized carbons (Fsp3) is 0.462. The number of thiophene rings is 1. The van der Waals surface area contributed by atoms with Crippen molar-refractivity contribution < 1.29 is 0 Å². The molecule has 0 aliphatic rings. The summed E-state index contributed by atoms with van der Waals surface area (Å²) in [6.07, 6.45) is 1.25. The molecule has 0 aliphatic heterocycles. The Morgan fingerprint density at radius 1 is 1.31 bits per heavy atom. The van der Waals surface area contributed by atoms with Gasteiger partial charge in [-0.3, -0.25) is 4.68 Å². The summed E-state index contributed by atoms with van der Waals surface area (Å²) < 4.78 is 2.02. The molecule has 0 saturated heterocycles. The van der Waals surface area contributed by atoms with Crippen LogP contribution in [0.1, 0.15) is 32.9 Å². The van der Waals surface area contributed by atoms with E-state index in [1.54, 1.807) is 11.3 Å². The summed E-state index contributed by atoms with van der Waals surface area (Å²) in [7, 11) is 0. The van der Waals surface area contributed by atoms with Crippen molar-refractivity contribution in [1.82, 2.24) is 9.78 Å². The second-order valence-corrected chi connectivity index (χ2v) is 4.62. The first-order valence-corrected chi connectivity index (χ1v) is 6.69. The van der Waals surface area contributed by atoms with Crippen LogP contribution in [-0.4, -0.2) is 9.78 Å². The highest BCUT2D eigenvalue weighted by Gasteiger charge is 2.05. The minimum Gasteiger partial charge on any atom is -0.270 e. The molecule has 0 amide bonds. The van der Waals surface area contributed by atoms with Crippen molar-refractivity contribution in [3.8, 4) is 10.6 Å². The van der Waals surface area contributed by atoms with E-state index in [4.69, 9.17) is 0 Å². The maximum absolute atomic E-state index is 4.50. The third-order valence-electron chi connectivity index (χ3n) is 2.05. The van der Waals surface area contributed by atoms with Crippen molar-refractivity contribution in [2.24, 2.45) is 0 Å². The standard InChI is InChI=1S/C10H12N2S.C3H8/c1-3-12-8(2)7-9(11-12)10-5-4-6-13-10;1-3-2/h4-7H,3H2,1-2H3;3H2,1-2H3. The number of rotatable bonds is 2. The van der Waals surface area contributed by atoms with Crippen molar-refractivity contribution in [2.75, 3.05) is 0 Å².